The van der Waals surface area contributed by atoms with Gasteiger partial charge in [-0.3, -0.25) is 4.79 Å². The van der Waals surface area contributed by atoms with Crippen molar-refractivity contribution in [1.29, 1.82) is 0 Å². The number of carboxylic acids is 1. The lowest BCUT2D eigenvalue weighted by Crippen LogP contribution is -2.45. The van der Waals surface area contributed by atoms with Gasteiger partial charge in [-0.2, -0.15) is 0 Å². The number of rotatable bonds is 9. The maximum absolute atomic E-state index is 10.5. The zero-order valence-corrected chi connectivity index (χ0v) is 11.9. The molecule has 1 rings (SSSR count). The molecule has 1 saturated heterocycles. The van der Waals surface area contributed by atoms with Gasteiger partial charge in [-0.15, -0.1) is 0 Å². The van der Waals surface area contributed by atoms with E-state index in [1.165, 1.54) is 0 Å². The molecule has 1 aliphatic rings. The zero-order chi connectivity index (χ0) is 14.1. The van der Waals surface area contributed by atoms with Gasteiger partial charge in [0.2, 0.25) is 0 Å². The number of hydrogen-bond acceptors (Lipinski definition) is 4. The first-order chi connectivity index (χ1) is 9.12. The summed E-state index contributed by atoms with van der Waals surface area (Å²) < 4.78 is 5.08. The van der Waals surface area contributed by atoms with E-state index in [-0.39, 0.29) is 18.4 Å². The Labute approximate surface area is 115 Å². The topological polar surface area (TPSA) is 70.0 Å². The van der Waals surface area contributed by atoms with Crippen LogP contribution in [0.15, 0.2) is 0 Å². The predicted octanol–water partition coefficient (Wildman–Crippen LogP) is 1.35. The van der Waals surface area contributed by atoms with Gasteiger partial charge in [0.15, 0.2) is 0 Å². The van der Waals surface area contributed by atoms with Crippen molar-refractivity contribution >= 4 is 5.97 Å². The number of likely N-dealkylation sites (tertiary alicyclic amines) is 1. The van der Waals surface area contributed by atoms with Crippen LogP contribution >= 0.6 is 0 Å². The van der Waals surface area contributed by atoms with Gasteiger partial charge in [0.25, 0.3) is 0 Å². The Morgan fingerprint density at radius 3 is 2.84 bits per heavy atom. The summed E-state index contributed by atoms with van der Waals surface area (Å²) in [6.07, 6.45) is 5.01. The molecule has 1 heterocycles. The summed E-state index contributed by atoms with van der Waals surface area (Å²) in [6, 6.07) is 0. The number of ether oxygens (including phenoxy) is 1. The largest absolute Gasteiger partial charge is 0.481 e. The van der Waals surface area contributed by atoms with E-state index in [4.69, 9.17) is 9.84 Å². The van der Waals surface area contributed by atoms with Crippen molar-refractivity contribution in [2.45, 2.75) is 38.5 Å². The molecule has 0 aromatic heterocycles. The monoisotopic (exact) mass is 273 g/mol. The van der Waals surface area contributed by atoms with Crippen molar-refractivity contribution in [3.63, 3.8) is 0 Å². The summed E-state index contributed by atoms with van der Waals surface area (Å²) in [4.78, 5) is 12.8. The minimum Gasteiger partial charge on any atom is -0.481 e. The van der Waals surface area contributed by atoms with Crippen LogP contribution in [0.1, 0.15) is 38.5 Å². The molecule has 19 heavy (non-hydrogen) atoms. The summed E-state index contributed by atoms with van der Waals surface area (Å²) in [6.45, 7) is 3.67. The fraction of sp³-hybridized carbons (Fsp3) is 0.929. The van der Waals surface area contributed by atoms with Gasteiger partial charge in [0.05, 0.1) is 0 Å². The average molecular weight is 273 g/mol. The Morgan fingerprint density at radius 2 is 2.21 bits per heavy atom. The van der Waals surface area contributed by atoms with Crippen LogP contribution in [0.2, 0.25) is 0 Å². The van der Waals surface area contributed by atoms with Crippen LogP contribution in [0.25, 0.3) is 0 Å². The van der Waals surface area contributed by atoms with E-state index in [9.17, 15) is 9.90 Å². The van der Waals surface area contributed by atoms with Gasteiger partial charge in [-0.25, -0.2) is 0 Å². The SMILES string of the molecule is COCCCC1(CO)CCCN(CCCC(=O)O)C1. The van der Waals surface area contributed by atoms with Gasteiger partial charge in [0.1, 0.15) is 0 Å². The van der Waals surface area contributed by atoms with Crippen molar-refractivity contribution in [3.05, 3.63) is 0 Å². The number of carbonyl (C=O) groups is 1. The number of methoxy groups -OCH3 is 1. The molecule has 1 unspecified atom stereocenters. The van der Waals surface area contributed by atoms with E-state index < -0.39 is 5.97 Å². The van der Waals surface area contributed by atoms with E-state index in [1.54, 1.807) is 7.11 Å². The third-order valence-electron chi connectivity index (χ3n) is 4.00. The second-order valence-electron chi connectivity index (χ2n) is 5.63. The molecular weight excluding hydrogens is 246 g/mol. The van der Waals surface area contributed by atoms with Gasteiger partial charge in [-0.1, -0.05) is 0 Å². The highest BCUT2D eigenvalue weighted by atomic mass is 16.5. The molecule has 0 bridgehead atoms. The summed E-state index contributed by atoms with van der Waals surface area (Å²) in [5.74, 6) is -0.731. The first kappa shape index (κ1) is 16.4. The molecule has 1 atom stereocenters. The maximum Gasteiger partial charge on any atom is 0.303 e. The van der Waals surface area contributed by atoms with E-state index in [0.717, 1.165) is 51.9 Å². The first-order valence-corrected chi connectivity index (χ1v) is 7.16. The minimum absolute atomic E-state index is 0.0139. The molecule has 0 saturated carbocycles. The Hall–Kier alpha value is -0.650. The van der Waals surface area contributed by atoms with Crippen molar-refractivity contribution in [2.75, 3.05) is 40.0 Å². The number of carboxylic acid groups (broad SMARTS) is 1. The Kier molecular flexibility index (Phi) is 7.34. The molecule has 5 heteroatoms. The summed E-state index contributed by atoms with van der Waals surface area (Å²) in [5, 5.41) is 18.4. The molecule has 112 valence electrons. The highest BCUT2D eigenvalue weighted by Crippen LogP contribution is 2.34. The lowest BCUT2D eigenvalue weighted by atomic mass is 9.77. The standard InChI is InChI=1S/C14H27NO4/c1-19-10-4-7-14(12-16)6-3-9-15(11-14)8-2-5-13(17)18/h16H,2-12H2,1H3,(H,17,18). The van der Waals surface area contributed by atoms with Crippen LogP contribution in [0.4, 0.5) is 0 Å². The second kappa shape index (κ2) is 8.51. The Balaban J connectivity index is 2.38. The molecule has 0 amide bonds. The highest BCUT2D eigenvalue weighted by Gasteiger charge is 2.34. The van der Waals surface area contributed by atoms with Gasteiger partial charge >= 0.3 is 5.97 Å². The van der Waals surface area contributed by atoms with Crippen LogP contribution < -0.4 is 0 Å². The van der Waals surface area contributed by atoms with Crippen molar-refractivity contribution in [2.24, 2.45) is 5.41 Å². The molecule has 0 aromatic carbocycles. The van der Waals surface area contributed by atoms with Crippen molar-refractivity contribution < 1.29 is 19.7 Å². The molecular formula is C14H27NO4. The quantitative estimate of drug-likeness (QED) is 0.621. The maximum atomic E-state index is 10.5. The molecule has 0 radical (unpaired) electrons. The molecule has 1 aliphatic heterocycles. The third-order valence-corrected chi connectivity index (χ3v) is 4.00. The molecule has 0 aliphatic carbocycles. The Bertz CT molecular complexity index is 272. The third kappa shape index (κ3) is 5.89. The second-order valence-corrected chi connectivity index (χ2v) is 5.63. The molecule has 5 nitrogen and oxygen atoms in total. The summed E-state index contributed by atoms with van der Waals surface area (Å²) >= 11 is 0. The van der Waals surface area contributed by atoms with Crippen LogP contribution in [-0.2, 0) is 9.53 Å². The number of piperidine rings is 1. The van der Waals surface area contributed by atoms with E-state index in [1.807, 2.05) is 0 Å². The normalized spacial score (nSPS) is 24.5. The lowest BCUT2D eigenvalue weighted by Gasteiger charge is -2.42. The van der Waals surface area contributed by atoms with E-state index >= 15 is 0 Å². The number of aliphatic hydroxyl groups is 1. The zero-order valence-electron chi connectivity index (χ0n) is 11.9. The summed E-state index contributed by atoms with van der Waals surface area (Å²) in [5.41, 5.74) is -0.0139. The number of nitrogens with zero attached hydrogens (tertiary/aromatic N) is 1. The molecule has 0 aromatic rings. The number of hydrogen-bond donors (Lipinski definition) is 2. The highest BCUT2D eigenvalue weighted by molar-refractivity contribution is 5.66. The average Bonchev–Trinajstić information content (AvgIpc) is 2.39. The van der Waals surface area contributed by atoms with Gasteiger partial charge in [-0.05, 0) is 45.2 Å². The fourth-order valence-corrected chi connectivity index (χ4v) is 2.96. The first-order valence-electron chi connectivity index (χ1n) is 7.16. The lowest BCUT2D eigenvalue weighted by molar-refractivity contribution is -0.137. The molecule has 1 fully saturated rings. The van der Waals surface area contributed by atoms with Crippen LogP contribution in [0, 0.1) is 5.41 Å². The minimum atomic E-state index is -0.731. The molecule has 0 spiro atoms. The van der Waals surface area contributed by atoms with Gasteiger partial charge < -0.3 is 19.8 Å². The number of aliphatic hydroxyl groups excluding tert-OH is 1. The smallest absolute Gasteiger partial charge is 0.303 e. The van der Waals surface area contributed by atoms with E-state index in [0.29, 0.717) is 6.42 Å². The Morgan fingerprint density at radius 1 is 1.42 bits per heavy atom. The van der Waals surface area contributed by atoms with Crippen LogP contribution in [0.5, 0.6) is 0 Å². The van der Waals surface area contributed by atoms with Crippen LogP contribution in [-0.4, -0.2) is 61.0 Å². The molecule has 2 N–H and O–H groups in total. The van der Waals surface area contributed by atoms with Crippen molar-refractivity contribution in [1.82, 2.24) is 4.90 Å². The predicted molar refractivity (Wildman–Crippen MR) is 73.2 cm³/mol. The van der Waals surface area contributed by atoms with E-state index in [2.05, 4.69) is 4.90 Å². The summed E-state index contributed by atoms with van der Waals surface area (Å²) in [7, 11) is 1.70. The fourth-order valence-electron chi connectivity index (χ4n) is 2.96. The van der Waals surface area contributed by atoms with Gasteiger partial charge in [0, 0.05) is 38.7 Å². The number of aliphatic carboxylic acids is 1. The van der Waals surface area contributed by atoms with Crippen molar-refractivity contribution in [3.8, 4) is 0 Å². The van der Waals surface area contributed by atoms with Crippen LogP contribution in [0.3, 0.4) is 0 Å².